The number of aromatic nitrogens is 1. The monoisotopic (exact) mass is 383 g/mol. The molecule has 6 heteroatoms. The van der Waals surface area contributed by atoms with E-state index in [0.717, 1.165) is 60.6 Å². The molecule has 1 saturated heterocycles. The van der Waals surface area contributed by atoms with Crippen LogP contribution in [-0.2, 0) is 11.3 Å². The van der Waals surface area contributed by atoms with Crippen LogP contribution in [0.1, 0.15) is 58.2 Å². The zero-order chi connectivity index (χ0) is 18.8. The van der Waals surface area contributed by atoms with Crippen molar-refractivity contribution in [1.82, 2.24) is 15.2 Å². The van der Waals surface area contributed by atoms with Crippen LogP contribution in [0, 0.1) is 12.8 Å². The number of nitrogens with one attached hydrogen (secondary N) is 1. The van der Waals surface area contributed by atoms with Crippen LogP contribution in [-0.4, -0.2) is 34.8 Å². The van der Waals surface area contributed by atoms with Gasteiger partial charge in [0.05, 0.1) is 17.2 Å². The number of benzene rings is 1. The molecule has 142 valence electrons. The van der Waals surface area contributed by atoms with Gasteiger partial charge >= 0.3 is 0 Å². The molecule has 0 unspecified atom stereocenters. The van der Waals surface area contributed by atoms with E-state index in [1.165, 1.54) is 0 Å². The highest BCUT2D eigenvalue weighted by Gasteiger charge is 2.30. The van der Waals surface area contributed by atoms with Gasteiger partial charge in [0.2, 0.25) is 5.91 Å². The summed E-state index contributed by atoms with van der Waals surface area (Å²) in [4.78, 5) is 31.2. The fourth-order valence-electron chi connectivity index (χ4n) is 3.57. The minimum absolute atomic E-state index is 0.133. The first kappa shape index (κ1) is 18.2. The van der Waals surface area contributed by atoms with Crippen LogP contribution < -0.4 is 5.32 Å². The zero-order valence-electron chi connectivity index (χ0n) is 15.6. The van der Waals surface area contributed by atoms with Gasteiger partial charge in [0.1, 0.15) is 0 Å². The van der Waals surface area contributed by atoms with E-state index in [4.69, 9.17) is 4.98 Å². The lowest BCUT2D eigenvalue weighted by Crippen LogP contribution is -2.38. The summed E-state index contributed by atoms with van der Waals surface area (Å²) in [6.45, 7) is 4.05. The maximum atomic E-state index is 12.7. The number of rotatable bonds is 5. The summed E-state index contributed by atoms with van der Waals surface area (Å²) >= 11 is 1.67. The molecule has 1 aromatic heterocycles. The molecule has 0 bridgehead atoms. The average molecular weight is 384 g/mol. The van der Waals surface area contributed by atoms with Crippen molar-refractivity contribution in [2.24, 2.45) is 5.92 Å². The molecule has 5 nitrogen and oxygen atoms in total. The molecule has 2 fully saturated rings. The molecule has 1 N–H and O–H groups in total. The van der Waals surface area contributed by atoms with Crippen LogP contribution >= 0.6 is 11.3 Å². The molecule has 1 saturated carbocycles. The first-order valence-corrected chi connectivity index (χ1v) is 10.6. The van der Waals surface area contributed by atoms with Gasteiger partial charge in [-0.2, -0.15) is 0 Å². The first-order chi connectivity index (χ1) is 13.1. The molecule has 1 aromatic carbocycles. The van der Waals surface area contributed by atoms with Crippen molar-refractivity contribution in [2.45, 2.75) is 45.1 Å². The Morgan fingerprint density at radius 2 is 1.93 bits per heavy atom. The molecule has 2 heterocycles. The predicted octanol–water partition coefficient (Wildman–Crippen LogP) is 3.50. The predicted molar refractivity (Wildman–Crippen MR) is 106 cm³/mol. The topological polar surface area (TPSA) is 62.3 Å². The summed E-state index contributed by atoms with van der Waals surface area (Å²) in [6, 6.07) is 7.78. The van der Waals surface area contributed by atoms with Crippen molar-refractivity contribution in [2.75, 3.05) is 13.1 Å². The second kappa shape index (κ2) is 7.80. The average Bonchev–Trinajstić information content (AvgIpc) is 3.44. The number of nitrogens with zero attached hydrogens (tertiary/aromatic N) is 2. The Bertz CT molecular complexity index is 835. The van der Waals surface area contributed by atoms with Gasteiger partial charge in [-0.05, 0) is 44.2 Å². The SMILES string of the molecule is Cc1ccccc1C(=O)N1CCC(c2nc(CNC(=O)C3CC3)cs2)CC1. The van der Waals surface area contributed by atoms with Gasteiger partial charge in [-0.3, -0.25) is 9.59 Å². The van der Waals surface area contributed by atoms with Crippen LogP contribution in [0.25, 0.3) is 0 Å². The number of piperidine rings is 1. The van der Waals surface area contributed by atoms with Crippen LogP contribution in [0.15, 0.2) is 29.6 Å². The molecule has 0 radical (unpaired) electrons. The minimum atomic E-state index is 0.133. The van der Waals surface area contributed by atoms with Crippen molar-refractivity contribution in [3.63, 3.8) is 0 Å². The maximum Gasteiger partial charge on any atom is 0.254 e. The summed E-state index contributed by atoms with van der Waals surface area (Å²) < 4.78 is 0. The number of hydrogen-bond acceptors (Lipinski definition) is 4. The first-order valence-electron chi connectivity index (χ1n) is 9.68. The normalized spacial score (nSPS) is 17.7. The van der Waals surface area contributed by atoms with Gasteiger partial charge in [-0.15, -0.1) is 11.3 Å². The Labute approximate surface area is 163 Å². The molecule has 2 amide bonds. The Kier molecular flexibility index (Phi) is 5.25. The van der Waals surface area contributed by atoms with Crippen LogP contribution in [0.3, 0.4) is 0 Å². The Morgan fingerprint density at radius 1 is 1.19 bits per heavy atom. The molecule has 1 aliphatic heterocycles. The fraction of sp³-hybridized carbons (Fsp3) is 0.476. The molecular formula is C21H25N3O2S. The highest BCUT2D eigenvalue weighted by Crippen LogP contribution is 2.31. The quantitative estimate of drug-likeness (QED) is 0.860. The van der Waals surface area contributed by atoms with Gasteiger partial charge < -0.3 is 10.2 Å². The number of hydrogen-bond donors (Lipinski definition) is 1. The maximum absolute atomic E-state index is 12.7. The Morgan fingerprint density at radius 3 is 2.63 bits per heavy atom. The number of aryl methyl sites for hydroxylation is 1. The molecule has 0 spiro atoms. The van der Waals surface area contributed by atoms with E-state index < -0.39 is 0 Å². The molecule has 0 atom stereocenters. The summed E-state index contributed by atoms with van der Waals surface area (Å²) in [5.74, 6) is 0.934. The largest absolute Gasteiger partial charge is 0.350 e. The van der Waals surface area contributed by atoms with E-state index in [1.54, 1.807) is 11.3 Å². The number of amides is 2. The van der Waals surface area contributed by atoms with E-state index in [1.807, 2.05) is 41.5 Å². The summed E-state index contributed by atoms with van der Waals surface area (Å²) in [5.41, 5.74) is 2.78. The van der Waals surface area contributed by atoms with Crippen LogP contribution in [0.4, 0.5) is 0 Å². The lowest BCUT2D eigenvalue weighted by molar-refractivity contribution is -0.122. The third kappa shape index (κ3) is 4.21. The molecule has 4 rings (SSSR count). The van der Waals surface area contributed by atoms with E-state index in [-0.39, 0.29) is 17.7 Å². The molecule has 1 aliphatic carbocycles. The molecule has 27 heavy (non-hydrogen) atoms. The van der Waals surface area contributed by atoms with Crippen molar-refractivity contribution in [1.29, 1.82) is 0 Å². The third-order valence-corrected chi connectivity index (χ3v) is 6.52. The van der Waals surface area contributed by atoms with Gasteiger partial charge in [0.15, 0.2) is 0 Å². The van der Waals surface area contributed by atoms with E-state index in [9.17, 15) is 9.59 Å². The van der Waals surface area contributed by atoms with Crippen LogP contribution in [0.5, 0.6) is 0 Å². The van der Waals surface area contributed by atoms with Gasteiger partial charge in [-0.25, -0.2) is 4.98 Å². The van der Waals surface area contributed by atoms with E-state index in [2.05, 4.69) is 5.32 Å². The van der Waals surface area contributed by atoms with E-state index in [0.29, 0.717) is 12.5 Å². The lowest BCUT2D eigenvalue weighted by atomic mass is 9.96. The molecule has 2 aliphatic rings. The van der Waals surface area contributed by atoms with Gasteiger partial charge in [-0.1, -0.05) is 18.2 Å². The van der Waals surface area contributed by atoms with Crippen LogP contribution in [0.2, 0.25) is 0 Å². The van der Waals surface area contributed by atoms with Crippen molar-refractivity contribution < 1.29 is 9.59 Å². The summed E-state index contributed by atoms with van der Waals surface area (Å²) in [5, 5.41) is 6.16. The zero-order valence-corrected chi connectivity index (χ0v) is 16.4. The van der Waals surface area contributed by atoms with Crippen molar-refractivity contribution >= 4 is 23.2 Å². The highest BCUT2D eigenvalue weighted by atomic mass is 32.1. The van der Waals surface area contributed by atoms with Crippen molar-refractivity contribution in [3.05, 3.63) is 51.5 Å². The summed E-state index contributed by atoms with van der Waals surface area (Å²) in [7, 11) is 0. The second-order valence-electron chi connectivity index (χ2n) is 7.55. The smallest absolute Gasteiger partial charge is 0.254 e. The number of carbonyl (C=O) groups excluding carboxylic acids is 2. The Hall–Kier alpha value is -2.21. The summed E-state index contributed by atoms with van der Waals surface area (Å²) in [6.07, 6.45) is 3.93. The molecule has 2 aromatic rings. The fourth-order valence-corrected chi connectivity index (χ4v) is 4.56. The number of carbonyl (C=O) groups is 2. The number of likely N-dealkylation sites (tertiary alicyclic amines) is 1. The minimum Gasteiger partial charge on any atom is -0.350 e. The highest BCUT2D eigenvalue weighted by molar-refractivity contribution is 7.09. The Balaban J connectivity index is 1.31. The standard InChI is InChI=1S/C21H25N3O2S/c1-14-4-2-3-5-18(14)21(26)24-10-8-16(9-11-24)20-23-17(13-27-20)12-22-19(25)15-6-7-15/h2-5,13,15-16H,6-12H2,1H3,(H,22,25). The third-order valence-electron chi connectivity index (χ3n) is 5.47. The van der Waals surface area contributed by atoms with Crippen molar-refractivity contribution in [3.8, 4) is 0 Å². The molecular weight excluding hydrogens is 358 g/mol. The lowest BCUT2D eigenvalue weighted by Gasteiger charge is -2.31. The number of thiazole rings is 1. The van der Waals surface area contributed by atoms with Gasteiger partial charge in [0.25, 0.3) is 5.91 Å². The van der Waals surface area contributed by atoms with Gasteiger partial charge in [0, 0.05) is 35.9 Å². The van der Waals surface area contributed by atoms with E-state index >= 15 is 0 Å². The second-order valence-corrected chi connectivity index (χ2v) is 8.44.